The third-order valence-corrected chi connectivity index (χ3v) is 24.5. The van der Waals surface area contributed by atoms with Crippen LogP contribution in [-0.2, 0) is 0 Å². The number of benzene rings is 2. The fourth-order valence-electron chi connectivity index (χ4n) is 7.84. The van der Waals surface area contributed by atoms with Crippen molar-refractivity contribution in [2.24, 2.45) is 0 Å². The predicted molar refractivity (Wildman–Crippen MR) is 208 cm³/mol. The molecule has 4 rings (SSSR count). The Morgan fingerprint density at radius 1 is 0.500 bits per heavy atom. The van der Waals surface area contributed by atoms with E-state index in [1.165, 1.54) is 0 Å². The van der Waals surface area contributed by atoms with Gasteiger partial charge in [-0.25, -0.2) is 9.97 Å². The van der Waals surface area contributed by atoms with Gasteiger partial charge in [-0.2, -0.15) is 0 Å². The summed E-state index contributed by atoms with van der Waals surface area (Å²) in [6.07, 6.45) is 0. The first-order valence-electron chi connectivity index (χ1n) is 16.2. The lowest BCUT2D eigenvalue weighted by Crippen LogP contribution is -2.43. The molecular formula is C36H46Cl4N4Si2. The van der Waals surface area contributed by atoms with E-state index in [1.807, 2.05) is 0 Å². The van der Waals surface area contributed by atoms with Crippen molar-refractivity contribution in [2.45, 2.75) is 116 Å². The maximum Gasteiger partial charge on any atom is 0.174 e. The lowest BCUT2D eigenvalue weighted by Gasteiger charge is -2.38. The number of rotatable bonds is 6. The fourth-order valence-corrected chi connectivity index (χ4v) is 19.2. The molecule has 0 saturated carbocycles. The molecule has 0 saturated heterocycles. The molecule has 2 aromatic carbocycles. The monoisotopic (exact) mass is 730 g/mol. The Bertz CT molecular complexity index is 1620. The summed E-state index contributed by atoms with van der Waals surface area (Å²) < 4.78 is 0. The van der Waals surface area contributed by atoms with E-state index in [-0.39, 0.29) is 20.1 Å². The molecular weight excluding hydrogens is 686 g/mol. The van der Waals surface area contributed by atoms with Gasteiger partial charge in [-0.1, -0.05) is 141 Å². The van der Waals surface area contributed by atoms with Crippen molar-refractivity contribution in [3.05, 3.63) is 43.4 Å². The van der Waals surface area contributed by atoms with Gasteiger partial charge in [0.05, 0.1) is 31.5 Å². The van der Waals surface area contributed by atoms with Gasteiger partial charge in [-0.3, -0.25) is 0 Å². The highest BCUT2D eigenvalue weighted by atomic mass is 35.5. The first-order valence-corrected chi connectivity index (χ1v) is 22.2. The number of halogens is 4. The quantitative estimate of drug-likeness (QED) is 0.0897. The average Bonchev–Trinajstić information content (AvgIpc) is 2.97. The van der Waals surface area contributed by atoms with Gasteiger partial charge in [0, 0.05) is 11.1 Å². The zero-order valence-electron chi connectivity index (χ0n) is 29.0. The van der Waals surface area contributed by atoms with E-state index >= 15 is 0 Å². The van der Waals surface area contributed by atoms with Crippen molar-refractivity contribution in [1.29, 1.82) is 0 Å². The van der Waals surface area contributed by atoms with E-state index in [0.29, 0.717) is 55.9 Å². The number of nitrogens with zero attached hydrogens (tertiary/aromatic N) is 2. The van der Waals surface area contributed by atoms with Crippen LogP contribution in [0.2, 0.25) is 53.3 Å². The summed E-state index contributed by atoms with van der Waals surface area (Å²) in [4.78, 5) is 9.66. The zero-order valence-corrected chi connectivity index (χ0v) is 34.0. The van der Waals surface area contributed by atoms with E-state index in [2.05, 4.69) is 129 Å². The molecule has 2 heterocycles. The van der Waals surface area contributed by atoms with Gasteiger partial charge in [0.1, 0.15) is 27.2 Å². The first-order chi connectivity index (χ1) is 21.4. The minimum Gasteiger partial charge on any atom is -0.334 e. The van der Waals surface area contributed by atoms with Gasteiger partial charge in [0.2, 0.25) is 0 Å². The summed E-state index contributed by atoms with van der Waals surface area (Å²) in [7, 11) is -4.00. The second-order valence-corrected chi connectivity index (χ2v) is 27.0. The summed E-state index contributed by atoms with van der Waals surface area (Å²) in [6.45, 7) is 27.9. The Balaban J connectivity index is 2.01. The molecule has 1 aliphatic heterocycles. The van der Waals surface area contributed by atoms with Crippen LogP contribution in [0.3, 0.4) is 0 Å². The highest BCUT2D eigenvalue weighted by Crippen LogP contribution is 2.47. The van der Waals surface area contributed by atoms with Crippen LogP contribution in [0.25, 0.3) is 11.0 Å². The molecule has 0 radical (unpaired) electrons. The third-order valence-electron chi connectivity index (χ3n) is 10.1. The van der Waals surface area contributed by atoms with Gasteiger partial charge in [0.15, 0.2) is 11.6 Å². The van der Waals surface area contributed by atoms with Gasteiger partial charge in [-0.05, 0) is 45.4 Å². The van der Waals surface area contributed by atoms with E-state index in [9.17, 15) is 0 Å². The summed E-state index contributed by atoms with van der Waals surface area (Å²) in [5.74, 6) is 8.31. The Morgan fingerprint density at radius 3 is 1.04 bits per heavy atom. The predicted octanol–water partition coefficient (Wildman–Crippen LogP) is 13.2. The standard InChI is InChI=1S/C36H46Cl4N4Si2/c1-19(2)45(20(3)4,21(5)6)17-15-25-13-14-26(16-18-46(22(7)8,23(9)10)24(11)12)32-31(25)41-35-36(42-32)44-34-30(40)28(38)27(37)29(39)33(34)43-35/h13-14,19-24H,1-12H3,(H,41,43)(H,42,44). The van der Waals surface area contributed by atoms with Crippen LogP contribution in [0.1, 0.15) is 94.2 Å². The largest absolute Gasteiger partial charge is 0.334 e. The fraction of sp³-hybridized carbons (Fsp3) is 0.500. The number of nitrogens with one attached hydrogen (secondary N) is 2. The van der Waals surface area contributed by atoms with Crippen molar-refractivity contribution in [3.63, 3.8) is 0 Å². The molecule has 0 amide bonds. The lowest BCUT2D eigenvalue weighted by atomic mass is 10.0. The normalized spacial score (nSPS) is 13.1. The average molecular weight is 733 g/mol. The highest BCUT2D eigenvalue weighted by Gasteiger charge is 2.43. The topological polar surface area (TPSA) is 49.8 Å². The Morgan fingerprint density at radius 2 is 0.783 bits per heavy atom. The zero-order chi connectivity index (χ0) is 34.5. The molecule has 246 valence electrons. The minimum absolute atomic E-state index is 0.147. The Labute approximate surface area is 298 Å². The second kappa shape index (κ2) is 13.9. The number of hydrogen-bond acceptors (Lipinski definition) is 4. The lowest BCUT2D eigenvalue weighted by molar-refractivity contribution is 0.838. The molecule has 10 heteroatoms. The van der Waals surface area contributed by atoms with Gasteiger partial charge in [0.25, 0.3) is 0 Å². The maximum atomic E-state index is 6.59. The van der Waals surface area contributed by atoms with E-state index < -0.39 is 16.1 Å². The summed E-state index contributed by atoms with van der Waals surface area (Å²) in [6, 6.07) is 4.18. The third kappa shape index (κ3) is 6.20. The Kier molecular flexibility index (Phi) is 11.2. The number of fused-ring (bicyclic) bond motifs is 3. The van der Waals surface area contributed by atoms with Gasteiger partial charge >= 0.3 is 0 Å². The van der Waals surface area contributed by atoms with Crippen molar-refractivity contribution in [2.75, 3.05) is 10.6 Å². The molecule has 0 unspecified atom stereocenters. The van der Waals surface area contributed by atoms with Crippen LogP contribution in [0, 0.1) is 22.9 Å². The maximum absolute atomic E-state index is 6.59. The molecule has 4 nitrogen and oxygen atoms in total. The molecule has 0 atom stereocenters. The molecule has 1 aromatic heterocycles. The molecule has 3 aromatic rings. The second-order valence-electron chi connectivity index (χ2n) is 14.3. The van der Waals surface area contributed by atoms with Crippen LogP contribution in [0.15, 0.2) is 12.1 Å². The van der Waals surface area contributed by atoms with Crippen molar-refractivity contribution >= 4 is 96.6 Å². The molecule has 0 fully saturated rings. The number of anilines is 4. The smallest absolute Gasteiger partial charge is 0.174 e. The van der Waals surface area contributed by atoms with Crippen molar-refractivity contribution in [3.8, 4) is 22.9 Å². The SMILES string of the molecule is CC(C)[Si](C#Cc1ccc(C#C[Si](C(C)C)(C(C)C)C(C)C)c2c1Nc1nc3c(Cl)c(Cl)c(Cl)c(Cl)c3nc1N2)(C(C)C)C(C)C. The number of hydrogen-bond donors (Lipinski definition) is 2. The molecule has 0 spiro atoms. The van der Waals surface area contributed by atoms with Crippen LogP contribution in [0.5, 0.6) is 0 Å². The van der Waals surface area contributed by atoms with E-state index in [0.717, 1.165) is 22.5 Å². The van der Waals surface area contributed by atoms with Crippen LogP contribution in [-0.4, -0.2) is 26.1 Å². The van der Waals surface area contributed by atoms with Gasteiger partial charge < -0.3 is 10.6 Å². The van der Waals surface area contributed by atoms with Crippen LogP contribution >= 0.6 is 46.4 Å². The molecule has 0 aliphatic carbocycles. The first kappa shape index (κ1) is 36.9. The van der Waals surface area contributed by atoms with Crippen molar-refractivity contribution in [1.82, 2.24) is 9.97 Å². The molecule has 0 bridgehead atoms. The van der Waals surface area contributed by atoms with Gasteiger partial charge in [-0.15, -0.1) is 11.1 Å². The Hall–Kier alpha value is -1.91. The molecule has 2 N–H and O–H groups in total. The van der Waals surface area contributed by atoms with E-state index in [4.69, 9.17) is 56.4 Å². The van der Waals surface area contributed by atoms with Crippen LogP contribution < -0.4 is 10.6 Å². The highest BCUT2D eigenvalue weighted by molar-refractivity contribution is 6.91. The van der Waals surface area contributed by atoms with Crippen molar-refractivity contribution < 1.29 is 0 Å². The molecule has 46 heavy (non-hydrogen) atoms. The molecule has 1 aliphatic rings. The number of aromatic nitrogens is 2. The summed E-state index contributed by atoms with van der Waals surface area (Å²) in [5.41, 5.74) is 15.0. The minimum atomic E-state index is -2.00. The summed E-state index contributed by atoms with van der Waals surface area (Å²) in [5, 5.41) is 7.81. The summed E-state index contributed by atoms with van der Waals surface area (Å²) >= 11 is 26.0. The van der Waals surface area contributed by atoms with E-state index in [1.54, 1.807) is 0 Å². The van der Waals surface area contributed by atoms with Crippen LogP contribution in [0.4, 0.5) is 23.0 Å².